The lowest BCUT2D eigenvalue weighted by molar-refractivity contribution is 0.0695. The molecule has 0 radical (unpaired) electrons. The van der Waals surface area contributed by atoms with Crippen molar-refractivity contribution < 1.29 is 14.3 Å². The lowest BCUT2D eigenvalue weighted by Crippen LogP contribution is -2.49. The minimum absolute atomic E-state index is 0.0937. The van der Waals surface area contributed by atoms with Gasteiger partial charge in [-0.25, -0.2) is 9.18 Å². The Morgan fingerprint density at radius 2 is 2.08 bits per heavy atom. The molecule has 2 aliphatic rings. The molecule has 2 N–H and O–H groups in total. The summed E-state index contributed by atoms with van der Waals surface area (Å²) in [6.07, 6.45) is 1.34. The van der Waals surface area contributed by atoms with Gasteiger partial charge in [-0.15, -0.1) is 0 Å². The number of pyridine rings is 1. The number of aromatic nitrogens is 1. The van der Waals surface area contributed by atoms with Crippen molar-refractivity contribution >= 4 is 22.6 Å². The summed E-state index contributed by atoms with van der Waals surface area (Å²) in [5.74, 6) is -1.80. The fourth-order valence-electron chi connectivity index (χ4n) is 3.36. The summed E-state index contributed by atoms with van der Waals surface area (Å²) < 4.78 is 16.4. The molecule has 25 heavy (non-hydrogen) atoms. The van der Waals surface area contributed by atoms with Crippen LogP contribution in [0.5, 0.6) is 0 Å². The summed E-state index contributed by atoms with van der Waals surface area (Å²) in [5, 5.41) is 14.6. The van der Waals surface area contributed by atoms with E-state index >= 15 is 0 Å². The first-order chi connectivity index (χ1) is 12.0. The number of anilines is 1. The first-order valence-electron chi connectivity index (χ1n) is 8.31. The number of nitrogens with one attached hydrogen (secondary N) is 1. The molecule has 2 aromatic rings. The van der Waals surface area contributed by atoms with Crippen molar-refractivity contribution in [2.75, 3.05) is 42.6 Å². The van der Waals surface area contributed by atoms with Crippen molar-refractivity contribution in [2.24, 2.45) is 0 Å². The van der Waals surface area contributed by atoms with Crippen molar-refractivity contribution in [3.8, 4) is 0 Å². The number of piperazine rings is 1. The van der Waals surface area contributed by atoms with Crippen LogP contribution in [0.15, 0.2) is 23.1 Å². The highest BCUT2D eigenvalue weighted by molar-refractivity contribution is 5.93. The van der Waals surface area contributed by atoms with Crippen LogP contribution in [0.2, 0.25) is 0 Å². The Hall–Kier alpha value is -2.61. The Labute approximate surface area is 143 Å². The summed E-state index contributed by atoms with van der Waals surface area (Å²) in [6, 6.07) is 3.08. The molecule has 2 aliphatic heterocycles. The Morgan fingerprint density at radius 1 is 1.32 bits per heavy atom. The molecule has 0 spiro atoms. The first-order valence-corrected chi connectivity index (χ1v) is 8.31. The van der Waals surface area contributed by atoms with Crippen LogP contribution in [0, 0.1) is 5.82 Å². The van der Waals surface area contributed by atoms with Crippen LogP contribution in [-0.4, -0.2) is 54.5 Å². The van der Waals surface area contributed by atoms with Crippen molar-refractivity contribution in [2.45, 2.75) is 13.0 Å². The van der Waals surface area contributed by atoms with Crippen LogP contribution in [0.25, 0.3) is 10.9 Å². The third kappa shape index (κ3) is 2.72. The average molecular weight is 346 g/mol. The average Bonchev–Trinajstić information content (AvgIpc) is 3.39. The van der Waals surface area contributed by atoms with E-state index in [1.165, 1.54) is 12.3 Å². The molecule has 8 heteroatoms. The van der Waals surface area contributed by atoms with Gasteiger partial charge in [0.1, 0.15) is 11.4 Å². The standard InChI is InChI=1S/C17H19FN4O3/c1-10-8-20(3-2-19-10)15-7-14-11(6-13(15)18)16(23)12(17(24)25)9-22(14)21-4-5-21/h6-7,9-10,19H,2-5,8H2,1H3,(H,24,25). The minimum atomic E-state index is -1.30. The molecule has 132 valence electrons. The molecule has 1 unspecified atom stereocenters. The van der Waals surface area contributed by atoms with Gasteiger partial charge in [0.25, 0.3) is 0 Å². The van der Waals surface area contributed by atoms with E-state index in [-0.39, 0.29) is 17.0 Å². The molecular weight excluding hydrogens is 327 g/mol. The zero-order chi connectivity index (χ0) is 17.7. The van der Waals surface area contributed by atoms with Gasteiger partial charge in [-0.2, -0.15) is 0 Å². The van der Waals surface area contributed by atoms with E-state index in [0.29, 0.717) is 24.3 Å². The summed E-state index contributed by atoms with van der Waals surface area (Å²) in [4.78, 5) is 25.8. The number of nitrogens with zero attached hydrogens (tertiary/aromatic N) is 3. The van der Waals surface area contributed by atoms with E-state index in [9.17, 15) is 19.1 Å². The van der Waals surface area contributed by atoms with Gasteiger partial charge in [-0.05, 0) is 19.1 Å². The van der Waals surface area contributed by atoms with Gasteiger partial charge < -0.3 is 20.3 Å². The van der Waals surface area contributed by atoms with E-state index in [0.717, 1.165) is 19.6 Å². The molecule has 1 aromatic heterocycles. The molecular formula is C17H19FN4O3. The number of hydrogen-bond acceptors (Lipinski definition) is 5. The predicted molar refractivity (Wildman–Crippen MR) is 92.8 cm³/mol. The monoisotopic (exact) mass is 346 g/mol. The van der Waals surface area contributed by atoms with Crippen LogP contribution < -0.4 is 20.7 Å². The predicted octanol–water partition coefficient (Wildman–Crippen LogP) is 0.589. The number of carboxylic acid groups (broad SMARTS) is 1. The molecule has 4 rings (SSSR count). The summed E-state index contributed by atoms with van der Waals surface area (Å²) in [6.45, 7) is 5.69. The summed E-state index contributed by atoms with van der Waals surface area (Å²) in [7, 11) is 0. The van der Waals surface area contributed by atoms with E-state index in [1.807, 2.05) is 16.8 Å². The number of carboxylic acids is 1. The molecule has 0 aliphatic carbocycles. The number of benzene rings is 1. The maximum Gasteiger partial charge on any atom is 0.341 e. The van der Waals surface area contributed by atoms with Crippen LogP contribution in [0.1, 0.15) is 17.3 Å². The minimum Gasteiger partial charge on any atom is -0.477 e. The Bertz CT molecular complexity index is 922. The molecule has 2 fully saturated rings. The normalized spacial score (nSPS) is 20.2. The smallest absolute Gasteiger partial charge is 0.341 e. The van der Waals surface area contributed by atoms with Gasteiger partial charge in [0.05, 0.1) is 29.7 Å². The molecule has 7 nitrogen and oxygen atoms in total. The molecule has 0 saturated carbocycles. The number of carbonyl (C=O) groups is 1. The zero-order valence-electron chi connectivity index (χ0n) is 13.8. The number of fused-ring (bicyclic) bond motifs is 1. The van der Waals surface area contributed by atoms with E-state index in [2.05, 4.69) is 5.32 Å². The highest BCUT2D eigenvalue weighted by Gasteiger charge is 2.26. The molecule has 2 saturated heterocycles. The third-order valence-electron chi connectivity index (χ3n) is 4.72. The van der Waals surface area contributed by atoms with Crippen molar-refractivity contribution in [3.05, 3.63) is 39.9 Å². The number of aromatic carboxylic acids is 1. The van der Waals surface area contributed by atoms with Gasteiger partial charge in [0.2, 0.25) is 5.43 Å². The largest absolute Gasteiger partial charge is 0.477 e. The first kappa shape index (κ1) is 15.9. The maximum absolute atomic E-state index is 14.7. The van der Waals surface area contributed by atoms with Gasteiger partial charge >= 0.3 is 5.97 Å². The quantitative estimate of drug-likeness (QED) is 0.792. The van der Waals surface area contributed by atoms with Crippen LogP contribution >= 0.6 is 0 Å². The molecule has 0 amide bonds. The number of hydrogen-bond donors (Lipinski definition) is 2. The molecule has 1 aromatic carbocycles. The van der Waals surface area contributed by atoms with Crippen molar-refractivity contribution in [1.29, 1.82) is 0 Å². The van der Waals surface area contributed by atoms with Gasteiger partial charge in [0.15, 0.2) is 0 Å². The summed E-state index contributed by atoms with van der Waals surface area (Å²) in [5.41, 5.74) is -0.0175. The van der Waals surface area contributed by atoms with Crippen LogP contribution in [0.3, 0.4) is 0 Å². The highest BCUT2D eigenvalue weighted by Crippen LogP contribution is 2.27. The highest BCUT2D eigenvalue weighted by atomic mass is 19.1. The maximum atomic E-state index is 14.7. The van der Waals surface area contributed by atoms with Crippen LogP contribution in [0.4, 0.5) is 10.1 Å². The SMILES string of the molecule is CC1CN(c2cc3c(cc2F)c(=O)c(C(=O)O)cn3N2CC2)CCN1. The Balaban J connectivity index is 1.92. The molecule has 1 atom stereocenters. The van der Waals surface area contributed by atoms with Crippen LogP contribution in [-0.2, 0) is 0 Å². The fourth-order valence-corrected chi connectivity index (χ4v) is 3.36. The molecule has 3 heterocycles. The van der Waals surface area contributed by atoms with E-state index < -0.39 is 17.2 Å². The third-order valence-corrected chi connectivity index (χ3v) is 4.72. The fraction of sp³-hybridized carbons (Fsp3) is 0.412. The van der Waals surface area contributed by atoms with Crippen molar-refractivity contribution in [3.63, 3.8) is 0 Å². The lowest BCUT2D eigenvalue weighted by atomic mass is 10.1. The van der Waals surface area contributed by atoms with E-state index in [1.54, 1.807) is 10.7 Å². The Morgan fingerprint density at radius 3 is 2.72 bits per heavy atom. The Kier molecular flexibility index (Phi) is 3.64. The number of rotatable bonds is 3. The van der Waals surface area contributed by atoms with Crippen molar-refractivity contribution in [1.82, 2.24) is 9.99 Å². The number of halogens is 1. The topological polar surface area (TPSA) is 77.6 Å². The molecule has 0 bridgehead atoms. The summed E-state index contributed by atoms with van der Waals surface area (Å²) >= 11 is 0. The van der Waals surface area contributed by atoms with Gasteiger partial charge in [-0.1, -0.05) is 0 Å². The van der Waals surface area contributed by atoms with E-state index in [4.69, 9.17) is 0 Å². The van der Waals surface area contributed by atoms with Gasteiger partial charge in [-0.3, -0.25) is 9.47 Å². The lowest BCUT2D eigenvalue weighted by Gasteiger charge is -2.34. The zero-order valence-corrected chi connectivity index (χ0v) is 13.8. The second-order valence-electron chi connectivity index (χ2n) is 6.60. The van der Waals surface area contributed by atoms with Gasteiger partial charge in [0, 0.05) is 31.9 Å². The second-order valence-corrected chi connectivity index (χ2v) is 6.60. The second kappa shape index (κ2) is 5.73.